The molecule has 1 fully saturated rings. The van der Waals surface area contributed by atoms with E-state index in [9.17, 15) is 0 Å². The van der Waals surface area contributed by atoms with Crippen LogP contribution in [0.2, 0.25) is 0 Å². The second-order valence-electron chi connectivity index (χ2n) is 6.56. The molecular weight excluding hydrogens is 453 g/mol. The van der Waals surface area contributed by atoms with Crippen molar-refractivity contribution >= 4 is 29.9 Å². The van der Waals surface area contributed by atoms with E-state index in [0.717, 1.165) is 23.9 Å². The number of halogens is 1. The number of hydrogen-bond donors (Lipinski definition) is 2. The third-order valence-corrected chi connectivity index (χ3v) is 4.50. The summed E-state index contributed by atoms with van der Waals surface area (Å²) < 4.78 is 11.2. The van der Waals surface area contributed by atoms with Crippen LogP contribution in [0.4, 0.5) is 0 Å². The average molecular weight is 481 g/mol. The summed E-state index contributed by atoms with van der Waals surface area (Å²) in [6.07, 6.45) is 1.14. The molecule has 3 rings (SSSR count). The van der Waals surface area contributed by atoms with Gasteiger partial charge in [-0.25, -0.2) is 0 Å². The number of benzene rings is 2. The Balaban J connectivity index is 0.00000261. The maximum Gasteiger partial charge on any atom is 0.191 e. The van der Waals surface area contributed by atoms with Gasteiger partial charge in [0.1, 0.15) is 17.6 Å². The van der Waals surface area contributed by atoms with Gasteiger partial charge in [-0.3, -0.25) is 4.99 Å². The number of nitrogens with one attached hydrogen (secondary N) is 2. The second-order valence-corrected chi connectivity index (χ2v) is 6.56. The maximum atomic E-state index is 5.94. The van der Waals surface area contributed by atoms with E-state index in [0.29, 0.717) is 18.5 Å². The lowest BCUT2D eigenvalue weighted by Crippen LogP contribution is -2.43. The first-order valence-electron chi connectivity index (χ1n) is 9.02. The lowest BCUT2D eigenvalue weighted by atomic mass is 10.1. The summed E-state index contributed by atoms with van der Waals surface area (Å²) in [5.41, 5.74) is 1.38. The Morgan fingerprint density at radius 2 is 1.89 bits per heavy atom. The van der Waals surface area contributed by atoms with Crippen molar-refractivity contribution < 1.29 is 9.47 Å². The number of hydrogen-bond acceptors (Lipinski definition) is 3. The molecule has 146 valence electrons. The highest BCUT2D eigenvalue weighted by molar-refractivity contribution is 14.0. The first-order valence-corrected chi connectivity index (χ1v) is 9.02. The molecule has 3 unspecified atom stereocenters. The maximum absolute atomic E-state index is 5.94. The van der Waals surface area contributed by atoms with Crippen LogP contribution in [0.5, 0.6) is 11.5 Å². The van der Waals surface area contributed by atoms with E-state index in [1.54, 1.807) is 14.2 Å². The van der Waals surface area contributed by atoms with Crippen LogP contribution in [0.3, 0.4) is 0 Å². The molecule has 6 heteroatoms. The van der Waals surface area contributed by atoms with E-state index in [1.165, 1.54) is 5.56 Å². The minimum Gasteiger partial charge on any atom is -0.497 e. The van der Waals surface area contributed by atoms with Crippen molar-refractivity contribution in [3.8, 4) is 11.5 Å². The molecule has 2 aromatic rings. The number of ether oxygens (including phenoxy) is 2. The molecule has 0 radical (unpaired) electrons. The van der Waals surface area contributed by atoms with Gasteiger partial charge in [0.25, 0.3) is 0 Å². The average Bonchev–Trinajstić information content (AvgIpc) is 3.45. The quantitative estimate of drug-likeness (QED) is 0.359. The smallest absolute Gasteiger partial charge is 0.191 e. The summed E-state index contributed by atoms with van der Waals surface area (Å²) in [6.45, 7) is 2.70. The summed E-state index contributed by atoms with van der Waals surface area (Å²) in [4.78, 5) is 4.32. The van der Waals surface area contributed by atoms with Gasteiger partial charge in [0.2, 0.25) is 0 Å². The third kappa shape index (κ3) is 6.30. The number of rotatable bonds is 7. The molecular formula is C21H28IN3O2. The van der Waals surface area contributed by atoms with Crippen LogP contribution in [0.15, 0.2) is 59.6 Å². The molecule has 1 saturated carbocycles. The zero-order chi connectivity index (χ0) is 18.4. The first-order chi connectivity index (χ1) is 12.7. The summed E-state index contributed by atoms with van der Waals surface area (Å²) in [6, 6.07) is 18.7. The molecule has 1 aliphatic carbocycles. The molecule has 27 heavy (non-hydrogen) atoms. The van der Waals surface area contributed by atoms with Gasteiger partial charge < -0.3 is 20.1 Å². The van der Waals surface area contributed by atoms with E-state index in [-0.39, 0.29) is 30.1 Å². The van der Waals surface area contributed by atoms with E-state index < -0.39 is 0 Å². The summed E-state index contributed by atoms with van der Waals surface area (Å²) in [5.74, 6) is 2.98. The van der Waals surface area contributed by atoms with Crippen molar-refractivity contribution in [3.05, 3.63) is 60.2 Å². The van der Waals surface area contributed by atoms with Crippen LogP contribution in [-0.2, 0) is 0 Å². The van der Waals surface area contributed by atoms with Gasteiger partial charge in [-0.2, -0.15) is 0 Å². The van der Waals surface area contributed by atoms with E-state index in [2.05, 4.69) is 46.0 Å². The Morgan fingerprint density at radius 3 is 2.59 bits per heavy atom. The Kier molecular flexibility index (Phi) is 8.22. The van der Waals surface area contributed by atoms with E-state index >= 15 is 0 Å². The topological polar surface area (TPSA) is 54.9 Å². The van der Waals surface area contributed by atoms with Gasteiger partial charge in [-0.1, -0.05) is 36.4 Å². The molecule has 2 N–H and O–H groups in total. The SMILES string of the molecule is CN=C(NCC(C)Oc1cccc(OC)c1)NC1CC1c1ccccc1.I. The van der Waals surface area contributed by atoms with Gasteiger partial charge in [0.05, 0.1) is 13.7 Å². The first kappa shape index (κ1) is 21.3. The fourth-order valence-electron chi connectivity index (χ4n) is 2.98. The highest BCUT2D eigenvalue weighted by Gasteiger charge is 2.38. The molecule has 0 bridgehead atoms. The molecule has 3 atom stereocenters. The zero-order valence-corrected chi connectivity index (χ0v) is 18.3. The Morgan fingerprint density at radius 1 is 1.15 bits per heavy atom. The molecule has 0 aromatic heterocycles. The van der Waals surface area contributed by atoms with Crippen LogP contribution < -0.4 is 20.1 Å². The van der Waals surface area contributed by atoms with Gasteiger partial charge in [-0.05, 0) is 31.0 Å². The van der Waals surface area contributed by atoms with Crippen LogP contribution in [-0.4, -0.2) is 38.8 Å². The second kappa shape index (κ2) is 10.4. The predicted molar refractivity (Wildman–Crippen MR) is 121 cm³/mol. The van der Waals surface area contributed by atoms with Crippen molar-refractivity contribution in [3.63, 3.8) is 0 Å². The van der Waals surface area contributed by atoms with Gasteiger partial charge in [0, 0.05) is 25.1 Å². The van der Waals surface area contributed by atoms with Gasteiger partial charge in [-0.15, -0.1) is 24.0 Å². The molecule has 2 aromatic carbocycles. The molecule has 1 aliphatic rings. The van der Waals surface area contributed by atoms with Crippen LogP contribution in [0.25, 0.3) is 0 Å². The lowest BCUT2D eigenvalue weighted by molar-refractivity contribution is 0.223. The van der Waals surface area contributed by atoms with Crippen molar-refractivity contribution in [2.24, 2.45) is 4.99 Å². The van der Waals surface area contributed by atoms with Gasteiger partial charge in [0.15, 0.2) is 5.96 Å². The van der Waals surface area contributed by atoms with Gasteiger partial charge >= 0.3 is 0 Å². The van der Waals surface area contributed by atoms with Crippen molar-refractivity contribution in [1.29, 1.82) is 0 Å². The summed E-state index contributed by atoms with van der Waals surface area (Å²) in [5, 5.41) is 6.83. The van der Waals surface area contributed by atoms with E-state index in [1.807, 2.05) is 31.2 Å². The minimum absolute atomic E-state index is 0. The fraction of sp³-hybridized carbons (Fsp3) is 0.381. The highest BCUT2D eigenvalue weighted by atomic mass is 127. The fourth-order valence-corrected chi connectivity index (χ4v) is 2.98. The predicted octanol–water partition coefficient (Wildman–Crippen LogP) is 3.80. The van der Waals surface area contributed by atoms with Crippen LogP contribution in [0.1, 0.15) is 24.8 Å². The van der Waals surface area contributed by atoms with Crippen molar-refractivity contribution in [2.45, 2.75) is 31.4 Å². The zero-order valence-electron chi connectivity index (χ0n) is 16.0. The summed E-state index contributed by atoms with van der Waals surface area (Å²) in [7, 11) is 3.45. The number of guanidine groups is 1. The largest absolute Gasteiger partial charge is 0.497 e. The third-order valence-electron chi connectivity index (χ3n) is 4.50. The molecule has 0 heterocycles. The minimum atomic E-state index is 0. The van der Waals surface area contributed by atoms with Crippen LogP contribution in [0, 0.1) is 0 Å². The Bertz CT molecular complexity index is 739. The standard InChI is InChI=1S/C21H27N3O2.HI/c1-15(26-18-11-7-10-17(12-18)25-3)14-23-21(22-2)24-20-13-19(20)16-8-5-4-6-9-16;/h4-12,15,19-20H,13-14H2,1-3H3,(H2,22,23,24);1H. The van der Waals surface area contributed by atoms with E-state index in [4.69, 9.17) is 9.47 Å². The van der Waals surface area contributed by atoms with Crippen molar-refractivity contribution in [2.75, 3.05) is 20.7 Å². The molecule has 5 nitrogen and oxygen atoms in total. The highest BCUT2D eigenvalue weighted by Crippen LogP contribution is 2.40. The molecule has 0 aliphatic heterocycles. The van der Waals surface area contributed by atoms with Crippen LogP contribution >= 0.6 is 24.0 Å². The monoisotopic (exact) mass is 481 g/mol. The van der Waals surface area contributed by atoms with Crippen molar-refractivity contribution in [1.82, 2.24) is 10.6 Å². The summed E-state index contributed by atoms with van der Waals surface area (Å²) >= 11 is 0. The normalized spacial score (nSPS) is 19.4. The molecule has 0 amide bonds. The molecule has 0 spiro atoms. The molecule has 0 saturated heterocycles. The Hall–Kier alpha value is -1.96. The number of methoxy groups -OCH3 is 1. The lowest BCUT2D eigenvalue weighted by Gasteiger charge is -2.18. The number of nitrogens with zero attached hydrogens (tertiary/aromatic N) is 1. The Labute approximate surface area is 178 Å². The number of aliphatic imine (C=N–C) groups is 1.